The monoisotopic (exact) mass is 298 g/mol. The average Bonchev–Trinajstić information content (AvgIpc) is 3.12. The molecule has 3 rings (SSSR count). The lowest BCUT2D eigenvalue weighted by Gasteiger charge is -2.09. The fraction of sp³-hybridized carbons (Fsp3) is 0.312. The van der Waals surface area contributed by atoms with Crippen LogP contribution in [0.3, 0.4) is 0 Å². The second-order valence-electron chi connectivity index (χ2n) is 5.32. The van der Waals surface area contributed by atoms with E-state index >= 15 is 0 Å². The number of nitrogens with one attached hydrogen (secondary N) is 1. The summed E-state index contributed by atoms with van der Waals surface area (Å²) < 4.78 is 1.76. The second-order valence-corrected chi connectivity index (χ2v) is 5.32. The van der Waals surface area contributed by atoms with E-state index in [0.29, 0.717) is 13.0 Å². The van der Waals surface area contributed by atoms with Crippen molar-refractivity contribution >= 4 is 11.6 Å². The highest BCUT2D eigenvalue weighted by molar-refractivity contribution is 6.04. The maximum Gasteiger partial charge on any atom is 0.264 e. The lowest BCUT2D eigenvalue weighted by Crippen LogP contribution is -2.34. The highest BCUT2D eigenvalue weighted by Crippen LogP contribution is 2.16. The van der Waals surface area contributed by atoms with E-state index in [1.165, 1.54) is 0 Å². The van der Waals surface area contributed by atoms with Gasteiger partial charge in [-0.15, -0.1) is 0 Å². The molecule has 1 aliphatic rings. The Bertz CT molecular complexity index is 706. The van der Waals surface area contributed by atoms with Crippen molar-refractivity contribution in [3.05, 3.63) is 53.3 Å². The standard InChI is InChI=1S/C16H18N4O2/c1-11-8-13(20(2)18-11)10-17-16(21)15-9-14(19-22-15)12-6-4-3-5-7-12/h3-8,15H,9-10H2,1-2H3,(H,17,21). The molecule has 1 atom stereocenters. The summed E-state index contributed by atoms with van der Waals surface area (Å²) in [6.07, 6.45) is -0.0789. The van der Waals surface area contributed by atoms with E-state index in [0.717, 1.165) is 22.7 Å². The van der Waals surface area contributed by atoms with Gasteiger partial charge in [0.25, 0.3) is 5.91 Å². The number of amides is 1. The molecule has 6 nitrogen and oxygen atoms in total. The van der Waals surface area contributed by atoms with Gasteiger partial charge in [-0.2, -0.15) is 5.10 Å². The fourth-order valence-electron chi connectivity index (χ4n) is 2.44. The van der Waals surface area contributed by atoms with Crippen LogP contribution in [0.4, 0.5) is 0 Å². The van der Waals surface area contributed by atoms with E-state index < -0.39 is 6.10 Å². The topological polar surface area (TPSA) is 68.5 Å². The summed E-state index contributed by atoms with van der Waals surface area (Å²) in [4.78, 5) is 17.4. The van der Waals surface area contributed by atoms with Crippen LogP contribution in [0.15, 0.2) is 41.6 Å². The van der Waals surface area contributed by atoms with Gasteiger partial charge in [-0.1, -0.05) is 35.5 Å². The highest BCUT2D eigenvalue weighted by Gasteiger charge is 2.28. The van der Waals surface area contributed by atoms with E-state index in [1.54, 1.807) is 4.68 Å². The minimum absolute atomic E-state index is 0.159. The van der Waals surface area contributed by atoms with Crippen LogP contribution in [0, 0.1) is 6.92 Å². The average molecular weight is 298 g/mol. The SMILES string of the molecule is Cc1cc(CNC(=O)C2CC(c3ccccc3)=NO2)n(C)n1. The third-order valence-electron chi connectivity index (χ3n) is 3.61. The maximum absolute atomic E-state index is 12.2. The fourth-order valence-corrected chi connectivity index (χ4v) is 2.44. The van der Waals surface area contributed by atoms with E-state index in [1.807, 2.05) is 50.4 Å². The van der Waals surface area contributed by atoms with Crippen molar-refractivity contribution in [3.8, 4) is 0 Å². The van der Waals surface area contributed by atoms with Crippen LogP contribution in [0.5, 0.6) is 0 Å². The van der Waals surface area contributed by atoms with Crippen LogP contribution in [0.25, 0.3) is 0 Å². The molecule has 22 heavy (non-hydrogen) atoms. The maximum atomic E-state index is 12.2. The van der Waals surface area contributed by atoms with E-state index in [2.05, 4.69) is 15.6 Å². The zero-order valence-corrected chi connectivity index (χ0v) is 12.6. The molecule has 0 radical (unpaired) electrons. The van der Waals surface area contributed by atoms with Crippen LogP contribution in [0.2, 0.25) is 0 Å². The van der Waals surface area contributed by atoms with Crippen molar-refractivity contribution in [1.29, 1.82) is 0 Å². The Balaban J connectivity index is 1.56. The van der Waals surface area contributed by atoms with Gasteiger partial charge in [0, 0.05) is 13.5 Å². The molecule has 1 amide bonds. The molecule has 0 bridgehead atoms. The quantitative estimate of drug-likeness (QED) is 0.931. The lowest BCUT2D eigenvalue weighted by atomic mass is 10.0. The Hall–Kier alpha value is -2.63. The molecule has 0 fully saturated rings. The number of carbonyl (C=O) groups is 1. The third-order valence-corrected chi connectivity index (χ3v) is 3.61. The molecule has 1 unspecified atom stereocenters. The molecule has 0 aliphatic carbocycles. The molecular formula is C16H18N4O2. The first-order valence-electron chi connectivity index (χ1n) is 7.19. The minimum Gasteiger partial charge on any atom is -0.382 e. The first-order chi connectivity index (χ1) is 10.6. The van der Waals surface area contributed by atoms with Crippen LogP contribution >= 0.6 is 0 Å². The summed E-state index contributed by atoms with van der Waals surface area (Å²) in [5.74, 6) is -0.159. The molecule has 2 heterocycles. The van der Waals surface area contributed by atoms with E-state index in [9.17, 15) is 4.79 Å². The Morgan fingerprint density at radius 2 is 2.18 bits per heavy atom. The van der Waals surface area contributed by atoms with E-state index in [4.69, 9.17) is 4.84 Å². The number of benzene rings is 1. The molecule has 1 aromatic carbocycles. The van der Waals surface area contributed by atoms with E-state index in [-0.39, 0.29) is 5.91 Å². The second kappa shape index (κ2) is 6.01. The summed E-state index contributed by atoms with van der Waals surface area (Å²) in [5, 5.41) is 11.1. The highest BCUT2D eigenvalue weighted by atomic mass is 16.6. The Morgan fingerprint density at radius 3 is 2.86 bits per heavy atom. The van der Waals surface area contributed by atoms with Gasteiger partial charge in [-0.25, -0.2) is 0 Å². The normalized spacial score (nSPS) is 17.0. The number of oxime groups is 1. The van der Waals surface area contributed by atoms with Crippen molar-refractivity contribution in [1.82, 2.24) is 15.1 Å². The zero-order valence-electron chi connectivity index (χ0n) is 12.6. The van der Waals surface area contributed by atoms with Crippen molar-refractivity contribution in [2.24, 2.45) is 12.2 Å². The molecule has 1 aliphatic heterocycles. The molecule has 0 saturated carbocycles. The molecule has 2 aromatic rings. The number of aryl methyl sites for hydroxylation is 2. The van der Waals surface area contributed by atoms with Crippen molar-refractivity contribution < 1.29 is 9.63 Å². The number of hydrogen-bond donors (Lipinski definition) is 1. The Kier molecular flexibility index (Phi) is 3.91. The number of rotatable bonds is 4. The molecule has 6 heteroatoms. The number of aromatic nitrogens is 2. The van der Waals surface area contributed by atoms with Crippen LogP contribution < -0.4 is 5.32 Å². The first-order valence-corrected chi connectivity index (χ1v) is 7.19. The zero-order chi connectivity index (χ0) is 15.5. The predicted octanol–water partition coefficient (Wildman–Crippen LogP) is 1.54. The number of nitrogens with zero attached hydrogens (tertiary/aromatic N) is 3. The van der Waals surface area contributed by atoms with Gasteiger partial charge >= 0.3 is 0 Å². The van der Waals surface area contributed by atoms with Gasteiger partial charge < -0.3 is 10.2 Å². The van der Waals surface area contributed by atoms with Crippen LogP contribution in [-0.2, 0) is 23.2 Å². The van der Waals surface area contributed by atoms with Gasteiger partial charge in [0.15, 0.2) is 0 Å². The molecule has 0 spiro atoms. The van der Waals surface area contributed by atoms with Gasteiger partial charge in [0.05, 0.1) is 23.6 Å². The Labute approximate surface area is 128 Å². The molecule has 114 valence electrons. The molecular weight excluding hydrogens is 280 g/mol. The molecule has 1 N–H and O–H groups in total. The molecule has 0 saturated heterocycles. The van der Waals surface area contributed by atoms with Gasteiger partial charge in [0.2, 0.25) is 6.10 Å². The number of carbonyl (C=O) groups excluding carboxylic acids is 1. The Morgan fingerprint density at radius 1 is 1.41 bits per heavy atom. The van der Waals surface area contributed by atoms with Crippen molar-refractivity contribution in [2.75, 3.05) is 0 Å². The lowest BCUT2D eigenvalue weighted by molar-refractivity contribution is -0.131. The predicted molar refractivity (Wildman–Crippen MR) is 82.3 cm³/mol. The summed E-state index contributed by atoms with van der Waals surface area (Å²) in [7, 11) is 1.86. The summed E-state index contributed by atoms with van der Waals surface area (Å²) in [6, 6.07) is 11.7. The third kappa shape index (κ3) is 3.00. The van der Waals surface area contributed by atoms with Crippen molar-refractivity contribution in [2.45, 2.75) is 26.0 Å². The largest absolute Gasteiger partial charge is 0.382 e. The van der Waals surface area contributed by atoms with Gasteiger partial charge in [-0.3, -0.25) is 9.48 Å². The minimum atomic E-state index is -0.565. The summed E-state index contributed by atoms with van der Waals surface area (Å²) in [6.45, 7) is 2.35. The van der Waals surface area contributed by atoms with Gasteiger partial charge in [0.1, 0.15) is 0 Å². The van der Waals surface area contributed by atoms with Gasteiger partial charge in [-0.05, 0) is 18.6 Å². The number of hydrogen-bond acceptors (Lipinski definition) is 4. The van der Waals surface area contributed by atoms with Crippen LogP contribution in [-0.4, -0.2) is 27.5 Å². The van der Waals surface area contributed by atoms with Crippen molar-refractivity contribution in [3.63, 3.8) is 0 Å². The summed E-state index contributed by atoms with van der Waals surface area (Å²) in [5.41, 5.74) is 3.67. The molecule has 1 aromatic heterocycles. The summed E-state index contributed by atoms with van der Waals surface area (Å²) >= 11 is 0. The smallest absolute Gasteiger partial charge is 0.264 e. The van der Waals surface area contributed by atoms with Crippen LogP contribution in [0.1, 0.15) is 23.4 Å². The first kappa shape index (κ1) is 14.3.